The number of benzene rings is 3. The molecule has 8 rings (SSSR count). The summed E-state index contributed by atoms with van der Waals surface area (Å²) in [4.78, 5) is 21.7. The van der Waals surface area contributed by atoms with Crippen LogP contribution in [0.4, 0.5) is 20.2 Å². The van der Waals surface area contributed by atoms with E-state index in [0.717, 1.165) is 80.7 Å². The summed E-state index contributed by atoms with van der Waals surface area (Å²) in [6, 6.07) is 20.1. The molecular weight excluding hydrogens is 642 g/mol. The normalized spacial score (nSPS) is 21.3. The van der Waals surface area contributed by atoms with E-state index in [2.05, 4.69) is 49.2 Å². The Hall–Kier alpha value is -5.04. The van der Waals surface area contributed by atoms with Crippen molar-refractivity contribution in [3.05, 3.63) is 113 Å². The summed E-state index contributed by atoms with van der Waals surface area (Å²) in [6.07, 6.45) is 9.47. The zero-order valence-corrected chi connectivity index (χ0v) is 27.8. The Kier molecular flexibility index (Phi) is 8.82. The predicted molar refractivity (Wildman–Crippen MR) is 184 cm³/mol. The molecule has 5 aromatic rings. The van der Waals surface area contributed by atoms with Crippen molar-refractivity contribution in [2.75, 3.05) is 49.2 Å². The maximum Gasteiger partial charge on any atom is 0.350 e. The second-order valence-electron chi connectivity index (χ2n) is 13.6. The molecule has 2 unspecified atom stereocenters. The summed E-state index contributed by atoms with van der Waals surface area (Å²) in [5.74, 6) is -0.519. The Morgan fingerprint density at radius 3 is 2.18 bits per heavy atom. The number of piperazine rings is 1. The molecule has 11 nitrogen and oxygen atoms in total. The van der Waals surface area contributed by atoms with Gasteiger partial charge in [0.05, 0.1) is 31.5 Å². The Morgan fingerprint density at radius 1 is 0.840 bits per heavy atom. The summed E-state index contributed by atoms with van der Waals surface area (Å²) in [7, 11) is 0. The molecule has 2 aliphatic heterocycles. The molecule has 2 aromatic heterocycles. The van der Waals surface area contributed by atoms with E-state index in [1.54, 1.807) is 26.6 Å². The van der Waals surface area contributed by atoms with Gasteiger partial charge in [-0.1, -0.05) is 18.9 Å². The molecule has 260 valence electrons. The molecule has 3 fully saturated rings. The minimum atomic E-state index is -1.01. The van der Waals surface area contributed by atoms with Crippen molar-refractivity contribution in [2.24, 2.45) is 5.92 Å². The molecular formula is C37H40F2N8O3. The number of halogens is 2. The van der Waals surface area contributed by atoms with E-state index >= 15 is 0 Å². The van der Waals surface area contributed by atoms with Crippen LogP contribution in [-0.2, 0) is 16.9 Å². The number of aromatic nitrogens is 6. The third-order valence-electron chi connectivity index (χ3n) is 10.3. The highest BCUT2D eigenvalue weighted by Crippen LogP contribution is 2.42. The smallest absolute Gasteiger partial charge is 0.350 e. The number of hydrogen-bond acceptors (Lipinski definition) is 8. The van der Waals surface area contributed by atoms with Gasteiger partial charge in [-0.3, -0.25) is 0 Å². The minimum Gasteiger partial charge on any atom is -0.493 e. The van der Waals surface area contributed by atoms with Crippen LogP contribution >= 0.6 is 0 Å². The molecule has 0 amide bonds. The topological polar surface area (TPSA) is 95.5 Å². The van der Waals surface area contributed by atoms with Gasteiger partial charge < -0.3 is 19.3 Å². The molecule has 0 bridgehead atoms. The van der Waals surface area contributed by atoms with Crippen LogP contribution in [0.2, 0.25) is 0 Å². The average Bonchev–Trinajstić information content (AvgIpc) is 3.97. The lowest BCUT2D eigenvalue weighted by Crippen LogP contribution is -2.46. The Bertz CT molecular complexity index is 1950. The molecule has 1 aliphatic carbocycles. The standard InChI is InChI=1S/C37H40F2N8O3/c38-28-5-14-34(35(39)19-28)37(23-45-25-40-24-41-45)20-27(22-50-37)21-49-33-12-10-30(11-13-33)44-17-15-43(16-18-44)29-6-8-31(9-7-29)46-26-42-47(36(46)48)32-3-1-2-4-32/h5-14,19,24-27,32H,1-4,15-18,20-23H2. The van der Waals surface area contributed by atoms with E-state index in [1.807, 2.05) is 24.3 Å². The monoisotopic (exact) mass is 682 g/mol. The molecule has 0 spiro atoms. The number of rotatable bonds is 10. The minimum absolute atomic E-state index is 0.000354. The van der Waals surface area contributed by atoms with Gasteiger partial charge in [0.25, 0.3) is 0 Å². The van der Waals surface area contributed by atoms with E-state index in [1.165, 1.54) is 18.5 Å². The van der Waals surface area contributed by atoms with E-state index in [0.29, 0.717) is 25.2 Å². The zero-order valence-electron chi connectivity index (χ0n) is 27.8. The lowest BCUT2D eigenvalue weighted by Gasteiger charge is -2.37. The van der Waals surface area contributed by atoms with Gasteiger partial charge in [0.1, 0.15) is 42.0 Å². The fourth-order valence-corrected chi connectivity index (χ4v) is 7.69. The van der Waals surface area contributed by atoms with Crippen molar-refractivity contribution in [1.29, 1.82) is 0 Å². The van der Waals surface area contributed by atoms with Gasteiger partial charge in [-0.15, -0.1) is 0 Å². The largest absolute Gasteiger partial charge is 0.493 e. The Labute approximate surface area is 288 Å². The van der Waals surface area contributed by atoms with E-state index in [-0.39, 0.29) is 24.2 Å². The van der Waals surface area contributed by atoms with Crippen LogP contribution in [0.15, 0.2) is 90.5 Å². The lowest BCUT2D eigenvalue weighted by atomic mass is 9.87. The fraction of sp³-hybridized carbons (Fsp3) is 0.405. The second kappa shape index (κ2) is 13.7. The molecule has 3 aliphatic rings. The number of ether oxygens (including phenoxy) is 2. The van der Waals surface area contributed by atoms with Crippen molar-refractivity contribution in [3.8, 4) is 11.4 Å². The van der Waals surface area contributed by atoms with Crippen molar-refractivity contribution < 1.29 is 18.3 Å². The van der Waals surface area contributed by atoms with Gasteiger partial charge in [0.2, 0.25) is 0 Å². The summed E-state index contributed by atoms with van der Waals surface area (Å²) in [5, 5.41) is 8.59. The van der Waals surface area contributed by atoms with Gasteiger partial charge >= 0.3 is 5.69 Å². The van der Waals surface area contributed by atoms with Crippen LogP contribution in [0.3, 0.4) is 0 Å². The highest BCUT2D eigenvalue weighted by Gasteiger charge is 2.44. The maximum atomic E-state index is 15.0. The van der Waals surface area contributed by atoms with Crippen molar-refractivity contribution in [1.82, 2.24) is 29.1 Å². The van der Waals surface area contributed by atoms with Gasteiger partial charge in [0, 0.05) is 55.1 Å². The van der Waals surface area contributed by atoms with Crippen LogP contribution in [0.5, 0.6) is 5.75 Å². The molecule has 1 saturated carbocycles. The van der Waals surface area contributed by atoms with Crippen LogP contribution in [-0.4, -0.2) is 68.5 Å². The predicted octanol–water partition coefficient (Wildman–Crippen LogP) is 5.36. The van der Waals surface area contributed by atoms with E-state index in [4.69, 9.17) is 9.47 Å². The Morgan fingerprint density at radius 2 is 1.52 bits per heavy atom. The van der Waals surface area contributed by atoms with Gasteiger partial charge in [0.15, 0.2) is 0 Å². The van der Waals surface area contributed by atoms with Crippen molar-refractivity contribution in [3.63, 3.8) is 0 Å². The summed E-state index contributed by atoms with van der Waals surface area (Å²) >= 11 is 0. The highest BCUT2D eigenvalue weighted by molar-refractivity contribution is 5.54. The number of hydrogen-bond donors (Lipinski definition) is 0. The first-order chi connectivity index (χ1) is 24.4. The third-order valence-corrected chi connectivity index (χ3v) is 10.3. The van der Waals surface area contributed by atoms with Crippen molar-refractivity contribution in [2.45, 2.75) is 50.3 Å². The van der Waals surface area contributed by atoms with Crippen LogP contribution in [0, 0.1) is 17.6 Å². The fourth-order valence-electron chi connectivity index (χ4n) is 7.69. The highest BCUT2D eigenvalue weighted by atomic mass is 19.1. The molecule has 2 saturated heterocycles. The third kappa shape index (κ3) is 6.49. The van der Waals surface area contributed by atoms with E-state index < -0.39 is 17.2 Å². The van der Waals surface area contributed by atoms with Gasteiger partial charge in [-0.2, -0.15) is 10.2 Å². The first-order valence-electron chi connectivity index (χ1n) is 17.4. The average molecular weight is 683 g/mol. The molecule has 13 heteroatoms. The second-order valence-corrected chi connectivity index (χ2v) is 13.6. The molecule has 2 atom stereocenters. The molecule has 0 radical (unpaired) electrons. The first kappa shape index (κ1) is 32.2. The first-order valence-corrected chi connectivity index (χ1v) is 17.4. The SMILES string of the molecule is O=c1n(-c2ccc(N3CCN(c4ccc(OCC5COC(Cn6cncn6)(c6ccc(F)cc6F)C5)cc4)CC3)cc2)cnn1C1CCCC1. The Balaban J connectivity index is 0.846. The summed E-state index contributed by atoms with van der Waals surface area (Å²) in [5.41, 5.74) is 2.33. The van der Waals surface area contributed by atoms with Gasteiger partial charge in [-0.05, 0) is 73.9 Å². The van der Waals surface area contributed by atoms with Gasteiger partial charge in [-0.25, -0.2) is 32.5 Å². The van der Waals surface area contributed by atoms with Crippen molar-refractivity contribution >= 4 is 11.4 Å². The molecule has 0 N–H and O–H groups in total. The number of anilines is 2. The molecule has 50 heavy (non-hydrogen) atoms. The van der Waals surface area contributed by atoms with Crippen LogP contribution in [0.1, 0.15) is 43.7 Å². The molecule has 4 heterocycles. The lowest BCUT2D eigenvalue weighted by molar-refractivity contribution is -0.0206. The quantitative estimate of drug-likeness (QED) is 0.195. The zero-order chi connectivity index (χ0) is 34.1. The van der Waals surface area contributed by atoms with Crippen LogP contribution in [0.25, 0.3) is 5.69 Å². The number of nitrogens with zero attached hydrogens (tertiary/aromatic N) is 8. The molecule has 3 aromatic carbocycles. The summed E-state index contributed by atoms with van der Waals surface area (Å²) in [6.45, 7) is 4.54. The van der Waals surface area contributed by atoms with Crippen LogP contribution < -0.4 is 20.2 Å². The maximum absolute atomic E-state index is 15.0. The van der Waals surface area contributed by atoms with E-state index in [9.17, 15) is 13.6 Å². The summed E-state index contributed by atoms with van der Waals surface area (Å²) < 4.78 is 46.0.